The van der Waals surface area contributed by atoms with Crippen LogP contribution < -0.4 is 10.6 Å². The summed E-state index contributed by atoms with van der Waals surface area (Å²) in [6.07, 6.45) is 1.19. The Balaban J connectivity index is 2.35. The van der Waals surface area contributed by atoms with Crippen molar-refractivity contribution in [3.8, 4) is 6.07 Å². The second kappa shape index (κ2) is 9.37. The highest BCUT2D eigenvalue weighted by molar-refractivity contribution is 6.30. The van der Waals surface area contributed by atoms with E-state index in [0.29, 0.717) is 16.3 Å². The number of rotatable bonds is 4. The molecule has 7 nitrogen and oxygen atoms in total. The first-order valence-electron chi connectivity index (χ1n) is 9.30. The number of ether oxygens (including phenoxy) is 2. The van der Waals surface area contributed by atoms with E-state index in [2.05, 4.69) is 6.07 Å². The summed E-state index contributed by atoms with van der Waals surface area (Å²) in [5.74, 6) is -3.02. The lowest BCUT2D eigenvalue weighted by atomic mass is 9.75. The van der Waals surface area contributed by atoms with Crippen molar-refractivity contribution < 1.29 is 19.1 Å². The number of nitrogens with two attached hydrogens (primary N) is 1. The Bertz CT molecular complexity index is 1090. The number of hydrogen-bond donors (Lipinski definition) is 1. The number of benzene rings is 2. The molecule has 0 spiro atoms. The molecule has 2 N–H and O–H groups in total. The molecule has 158 valence electrons. The van der Waals surface area contributed by atoms with Gasteiger partial charge in [0.1, 0.15) is 11.7 Å². The Labute approximate surface area is 184 Å². The van der Waals surface area contributed by atoms with Gasteiger partial charge in [-0.2, -0.15) is 5.26 Å². The van der Waals surface area contributed by atoms with Crippen molar-refractivity contribution >= 4 is 29.2 Å². The number of hydrogen-bond acceptors (Lipinski definition) is 7. The van der Waals surface area contributed by atoms with Gasteiger partial charge in [0.05, 0.1) is 25.9 Å². The van der Waals surface area contributed by atoms with Crippen LogP contribution in [0.4, 0.5) is 5.69 Å². The number of halogens is 1. The summed E-state index contributed by atoms with van der Waals surface area (Å²) in [7, 11) is 2.48. The summed E-state index contributed by atoms with van der Waals surface area (Å²) in [5.41, 5.74) is 8.06. The molecule has 31 heavy (non-hydrogen) atoms. The Morgan fingerprint density at radius 1 is 1.10 bits per heavy atom. The molecule has 0 saturated carbocycles. The number of carbonyl (C=O) groups is 2. The molecule has 1 heterocycles. The zero-order chi connectivity index (χ0) is 22.5. The lowest BCUT2D eigenvalue weighted by Gasteiger charge is -2.40. The van der Waals surface area contributed by atoms with Gasteiger partial charge in [0.15, 0.2) is 0 Å². The molecule has 0 aromatic heterocycles. The first-order chi connectivity index (χ1) is 14.9. The zero-order valence-corrected chi connectivity index (χ0v) is 17.7. The molecule has 1 aliphatic rings. The van der Waals surface area contributed by atoms with Crippen LogP contribution in [-0.2, 0) is 19.1 Å². The summed E-state index contributed by atoms with van der Waals surface area (Å²) in [6.45, 7) is 0. The summed E-state index contributed by atoms with van der Waals surface area (Å²) in [4.78, 5) is 26.7. The normalized spacial score (nSPS) is 19.7. The first kappa shape index (κ1) is 21.9. The van der Waals surface area contributed by atoms with Crippen LogP contribution in [0.3, 0.4) is 0 Å². The zero-order valence-electron chi connectivity index (χ0n) is 16.9. The second-order valence-corrected chi connectivity index (χ2v) is 7.14. The number of carbonyl (C=O) groups excluding carboxylic acids is 2. The van der Waals surface area contributed by atoms with Gasteiger partial charge >= 0.3 is 11.9 Å². The third kappa shape index (κ3) is 4.25. The van der Waals surface area contributed by atoms with E-state index >= 15 is 0 Å². The molecule has 0 saturated heterocycles. The maximum atomic E-state index is 13.0. The summed E-state index contributed by atoms with van der Waals surface area (Å²) < 4.78 is 9.88. The molecule has 1 aliphatic heterocycles. The smallest absolute Gasteiger partial charge is 0.332 e. The van der Waals surface area contributed by atoms with Crippen LogP contribution in [0.5, 0.6) is 0 Å². The maximum absolute atomic E-state index is 13.0. The van der Waals surface area contributed by atoms with Crippen LogP contribution in [0.25, 0.3) is 0 Å². The predicted molar refractivity (Wildman–Crippen MR) is 116 cm³/mol. The van der Waals surface area contributed by atoms with E-state index < -0.39 is 23.8 Å². The van der Waals surface area contributed by atoms with E-state index in [-0.39, 0.29) is 17.1 Å². The van der Waals surface area contributed by atoms with Gasteiger partial charge in [0.2, 0.25) is 0 Å². The number of para-hydroxylation sites is 1. The Kier molecular flexibility index (Phi) is 6.63. The van der Waals surface area contributed by atoms with Crippen LogP contribution >= 0.6 is 11.6 Å². The molecule has 0 aliphatic carbocycles. The van der Waals surface area contributed by atoms with Crippen LogP contribution in [0, 0.1) is 17.2 Å². The standard InChI is InChI=1S/C23H20ClN3O4/c1-30-19(28)12-18-21(23(29)31-2)20(14-8-10-15(24)11-9-14)17(13-25)22(26)27(18)16-6-4-3-5-7-16/h3-12,20-21H,26H2,1-2H3/b18-12+/t20-,21-/m0/s1. The fraction of sp³-hybridized carbons (Fsp3) is 0.174. The monoisotopic (exact) mass is 437 g/mol. The molecule has 0 bridgehead atoms. The molecular weight excluding hydrogens is 418 g/mol. The maximum Gasteiger partial charge on any atom is 0.332 e. The molecule has 2 atom stereocenters. The molecule has 8 heteroatoms. The molecule has 0 amide bonds. The van der Waals surface area contributed by atoms with E-state index in [1.807, 2.05) is 6.07 Å². The molecule has 0 unspecified atom stereocenters. The number of nitrogens with zero attached hydrogens (tertiary/aromatic N) is 2. The van der Waals surface area contributed by atoms with E-state index in [1.165, 1.54) is 25.2 Å². The van der Waals surface area contributed by atoms with Crippen LogP contribution in [-0.4, -0.2) is 26.2 Å². The van der Waals surface area contributed by atoms with Crippen LogP contribution in [0.1, 0.15) is 11.5 Å². The van der Waals surface area contributed by atoms with Crippen molar-refractivity contribution in [1.29, 1.82) is 5.26 Å². The number of anilines is 1. The highest BCUT2D eigenvalue weighted by atomic mass is 35.5. The van der Waals surface area contributed by atoms with Crippen molar-refractivity contribution in [3.63, 3.8) is 0 Å². The largest absolute Gasteiger partial charge is 0.468 e. The number of nitriles is 1. The van der Waals surface area contributed by atoms with E-state index in [4.69, 9.17) is 26.8 Å². The average Bonchev–Trinajstić information content (AvgIpc) is 2.79. The summed E-state index contributed by atoms with van der Waals surface area (Å²) in [6, 6.07) is 17.8. The fourth-order valence-electron chi connectivity index (χ4n) is 3.63. The minimum atomic E-state index is -1.03. The van der Waals surface area contributed by atoms with Crippen molar-refractivity contribution in [3.05, 3.63) is 88.4 Å². The Morgan fingerprint density at radius 2 is 1.74 bits per heavy atom. The first-order valence-corrected chi connectivity index (χ1v) is 9.68. The average molecular weight is 438 g/mol. The molecule has 0 radical (unpaired) electrons. The number of esters is 2. The van der Waals surface area contributed by atoms with E-state index in [1.54, 1.807) is 48.5 Å². The van der Waals surface area contributed by atoms with Crippen molar-refractivity contribution in [1.82, 2.24) is 0 Å². The van der Waals surface area contributed by atoms with Gasteiger partial charge in [-0.25, -0.2) is 4.79 Å². The third-order valence-electron chi connectivity index (χ3n) is 5.02. The molecule has 0 fully saturated rings. The van der Waals surface area contributed by atoms with Gasteiger partial charge in [0.25, 0.3) is 0 Å². The second-order valence-electron chi connectivity index (χ2n) is 6.70. The lowest BCUT2D eigenvalue weighted by Crippen LogP contribution is -2.43. The van der Waals surface area contributed by atoms with Crippen molar-refractivity contribution in [2.24, 2.45) is 11.7 Å². The topological polar surface area (TPSA) is 106 Å². The summed E-state index contributed by atoms with van der Waals surface area (Å²) in [5, 5.41) is 10.5. The SMILES string of the molecule is COC(=O)/C=C1\[C@H](C(=O)OC)[C@@H](c2ccc(Cl)cc2)C(C#N)=C(N)N1c1ccccc1. The van der Waals surface area contributed by atoms with Gasteiger partial charge in [0, 0.05) is 28.4 Å². The minimum absolute atomic E-state index is 0.101. The molecule has 2 aromatic carbocycles. The minimum Gasteiger partial charge on any atom is -0.468 e. The highest BCUT2D eigenvalue weighted by Gasteiger charge is 2.45. The van der Waals surface area contributed by atoms with Crippen LogP contribution in [0.2, 0.25) is 5.02 Å². The van der Waals surface area contributed by atoms with Gasteiger partial charge < -0.3 is 15.2 Å². The van der Waals surface area contributed by atoms with E-state index in [0.717, 1.165) is 0 Å². The fourth-order valence-corrected chi connectivity index (χ4v) is 3.76. The Hall–Kier alpha value is -3.76. The molecule has 2 aromatic rings. The number of methoxy groups -OCH3 is 2. The summed E-state index contributed by atoms with van der Waals surface area (Å²) >= 11 is 6.02. The number of allylic oxidation sites excluding steroid dienone is 1. The third-order valence-corrected chi connectivity index (χ3v) is 5.28. The molecular formula is C23H20ClN3O4. The van der Waals surface area contributed by atoms with Crippen molar-refractivity contribution in [2.75, 3.05) is 19.1 Å². The Morgan fingerprint density at radius 3 is 2.29 bits per heavy atom. The van der Waals surface area contributed by atoms with E-state index in [9.17, 15) is 14.9 Å². The lowest BCUT2D eigenvalue weighted by molar-refractivity contribution is -0.144. The van der Waals surface area contributed by atoms with Gasteiger partial charge in [-0.1, -0.05) is 41.9 Å². The molecule has 3 rings (SSSR count). The van der Waals surface area contributed by atoms with Crippen molar-refractivity contribution in [2.45, 2.75) is 5.92 Å². The highest BCUT2D eigenvalue weighted by Crippen LogP contribution is 2.45. The van der Waals surface area contributed by atoms with Gasteiger partial charge in [-0.3, -0.25) is 9.69 Å². The quantitative estimate of drug-likeness (QED) is 0.576. The van der Waals surface area contributed by atoms with Crippen LogP contribution in [0.15, 0.2) is 77.8 Å². The van der Waals surface area contributed by atoms with Gasteiger partial charge in [-0.05, 0) is 29.8 Å². The van der Waals surface area contributed by atoms with Gasteiger partial charge in [-0.15, -0.1) is 0 Å². The predicted octanol–water partition coefficient (Wildman–Crippen LogP) is 3.48.